The molecular formula is C17H22N4O2. The molecule has 6 heteroatoms. The number of amides is 1. The highest BCUT2D eigenvalue weighted by molar-refractivity contribution is 5.93. The van der Waals surface area contributed by atoms with Gasteiger partial charge in [0.05, 0.1) is 12.7 Å². The fourth-order valence-electron chi connectivity index (χ4n) is 1.99. The van der Waals surface area contributed by atoms with E-state index in [-0.39, 0.29) is 5.91 Å². The summed E-state index contributed by atoms with van der Waals surface area (Å²) in [6, 6.07) is 7.94. The molecule has 2 N–H and O–H groups in total. The van der Waals surface area contributed by atoms with Crippen molar-refractivity contribution in [2.24, 2.45) is 0 Å². The van der Waals surface area contributed by atoms with Gasteiger partial charge in [0.1, 0.15) is 5.75 Å². The normalized spacial score (nSPS) is 10.2. The van der Waals surface area contributed by atoms with Crippen LogP contribution in [0.2, 0.25) is 0 Å². The summed E-state index contributed by atoms with van der Waals surface area (Å²) < 4.78 is 5.13. The fraction of sp³-hybridized carbons (Fsp3) is 0.353. The van der Waals surface area contributed by atoms with Crippen molar-refractivity contribution < 1.29 is 9.53 Å². The van der Waals surface area contributed by atoms with Gasteiger partial charge in [0, 0.05) is 25.5 Å². The zero-order chi connectivity index (χ0) is 16.5. The van der Waals surface area contributed by atoms with Gasteiger partial charge < -0.3 is 15.4 Å². The molecule has 0 saturated carbocycles. The molecule has 122 valence electrons. The van der Waals surface area contributed by atoms with E-state index in [4.69, 9.17) is 4.74 Å². The standard InChI is InChI=1S/C17H22N4O2/c1-3-9-18-16(22)14-11-20-17(21-12-14)19-10-8-13-4-6-15(23-2)7-5-13/h4-7,11-12H,3,8-10H2,1-2H3,(H,18,22)(H,19,20,21). The number of aromatic nitrogens is 2. The lowest BCUT2D eigenvalue weighted by molar-refractivity contribution is 0.0953. The van der Waals surface area contributed by atoms with E-state index in [2.05, 4.69) is 20.6 Å². The highest BCUT2D eigenvalue weighted by Gasteiger charge is 2.05. The predicted molar refractivity (Wildman–Crippen MR) is 89.8 cm³/mol. The first-order valence-corrected chi connectivity index (χ1v) is 7.70. The Kier molecular flexibility index (Phi) is 6.35. The number of carbonyl (C=O) groups excluding carboxylic acids is 1. The lowest BCUT2D eigenvalue weighted by Gasteiger charge is -2.07. The zero-order valence-electron chi connectivity index (χ0n) is 13.5. The third kappa shape index (κ3) is 5.25. The summed E-state index contributed by atoms with van der Waals surface area (Å²) in [5.41, 5.74) is 1.67. The van der Waals surface area contributed by atoms with E-state index in [0.29, 0.717) is 24.6 Å². The van der Waals surface area contributed by atoms with Crippen LogP contribution in [-0.2, 0) is 6.42 Å². The number of hydrogen-bond donors (Lipinski definition) is 2. The van der Waals surface area contributed by atoms with E-state index < -0.39 is 0 Å². The maximum Gasteiger partial charge on any atom is 0.254 e. The molecule has 0 unspecified atom stereocenters. The first kappa shape index (κ1) is 16.7. The van der Waals surface area contributed by atoms with Gasteiger partial charge in [0.25, 0.3) is 5.91 Å². The monoisotopic (exact) mass is 314 g/mol. The molecule has 0 fully saturated rings. The van der Waals surface area contributed by atoms with Crippen molar-refractivity contribution in [3.8, 4) is 5.75 Å². The Bertz CT molecular complexity index is 611. The molecule has 1 heterocycles. The minimum atomic E-state index is -0.142. The van der Waals surface area contributed by atoms with E-state index >= 15 is 0 Å². The maximum absolute atomic E-state index is 11.7. The summed E-state index contributed by atoms with van der Waals surface area (Å²) in [4.78, 5) is 20.1. The molecule has 0 bridgehead atoms. The Morgan fingerprint density at radius 3 is 2.43 bits per heavy atom. The fourth-order valence-corrected chi connectivity index (χ4v) is 1.99. The van der Waals surface area contributed by atoms with Crippen LogP contribution in [0.15, 0.2) is 36.7 Å². The molecule has 0 radical (unpaired) electrons. The molecular weight excluding hydrogens is 292 g/mol. The van der Waals surface area contributed by atoms with Crippen molar-refractivity contribution in [3.63, 3.8) is 0 Å². The summed E-state index contributed by atoms with van der Waals surface area (Å²) in [5.74, 6) is 1.23. The highest BCUT2D eigenvalue weighted by Crippen LogP contribution is 2.11. The number of nitrogens with one attached hydrogen (secondary N) is 2. The number of carbonyl (C=O) groups is 1. The van der Waals surface area contributed by atoms with Gasteiger partial charge in [0.2, 0.25) is 5.95 Å². The van der Waals surface area contributed by atoms with Crippen LogP contribution >= 0.6 is 0 Å². The van der Waals surface area contributed by atoms with Gasteiger partial charge >= 0.3 is 0 Å². The Hall–Kier alpha value is -2.63. The molecule has 0 aliphatic carbocycles. The molecule has 23 heavy (non-hydrogen) atoms. The van der Waals surface area contributed by atoms with E-state index in [9.17, 15) is 4.79 Å². The third-order valence-electron chi connectivity index (χ3n) is 3.31. The first-order chi connectivity index (χ1) is 11.2. The zero-order valence-corrected chi connectivity index (χ0v) is 13.5. The van der Waals surface area contributed by atoms with E-state index in [1.807, 2.05) is 31.2 Å². The molecule has 1 amide bonds. The summed E-state index contributed by atoms with van der Waals surface area (Å²) in [5, 5.41) is 5.94. The maximum atomic E-state index is 11.7. The molecule has 1 aromatic carbocycles. The molecule has 0 atom stereocenters. The summed E-state index contributed by atoms with van der Waals surface area (Å²) in [6.07, 6.45) is 4.82. The predicted octanol–water partition coefficient (Wildman–Crippen LogP) is 2.28. The van der Waals surface area contributed by atoms with Gasteiger partial charge in [-0.25, -0.2) is 9.97 Å². The van der Waals surface area contributed by atoms with Crippen LogP contribution in [0.25, 0.3) is 0 Å². The van der Waals surface area contributed by atoms with Gasteiger partial charge in [-0.1, -0.05) is 19.1 Å². The number of rotatable bonds is 8. The molecule has 0 aliphatic heterocycles. The van der Waals surface area contributed by atoms with Crippen LogP contribution < -0.4 is 15.4 Å². The second-order valence-electron chi connectivity index (χ2n) is 5.08. The van der Waals surface area contributed by atoms with E-state index in [0.717, 1.165) is 18.6 Å². The van der Waals surface area contributed by atoms with E-state index in [1.165, 1.54) is 18.0 Å². The topological polar surface area (TPSA) is 76.1 Å². The number of methoxy groups -OCH3 is 1. The number of ether oxygens (including phenoxy) is 1. The second-order valence-corrected chi connectivity index (χ2v) is 5.08. The Labute approximate surface area is 136 Å². The average Bonchev–Trinajstić information content (AvgIpc) is 2.61. The van der Waals surface area contributed by atoms with Crippen LogP contribution in [0.4, 0.5) is 5.95 Å². The number of benzene rings is 1. The van der Waals surface area contributed by atoms with Crippen LogP contribution in [0.1, 0.15) is 29.3 Å². The molecule has 0 saturated heterocycles. The quantitative estimate of drug-likeness (QED) is 0.782. The van der Waals surface area contributed by atoms with Crippen LogP contribution in [0.5, 0.6) is 5.75 Å². The summed E-state index contributed by atoms with van der Waals surface area (Å²) in [7, 11) is 1.65. The molecule has 1 aromatic heterocycles. The van der Waals surface area contributed by atoms with Gasteiger partial charge in [0.15, 0.2) is 0 Å². The first-order valence-electron chi connectivity index (χ1n) is 7.70. The Morgan fingerprint density at radius 1 is 1.13 bits per heavy atom. The lowest BCUT2D eigenvalue weighted by atomic mass is 10.1. The van der Waals surface area contributed by atoms with Crippen molar-refractivity contribution in [1.82, 2.24) is 15.3 Å². The van der Waals surface area contributed by atoms with Gasteiger partial charge in [-0.3, -0.25) is 4.79 Å². The van der Waals surface area contributed by atoms with Gasteiger partial charge in [-0.05, 0) is 30.5 Å². The molecule has 2 rings (SSSR count). The molecule has 0 spiro atoms. The molecule has 2 aromatic rings. The summed E-state index contributed by atoms with van der Waals surface area (Å²) >= 11 is 0. The Morgan fingerprint density at radius 2 is 1.83 bits per heavy atom. The minimum absolute atomic E-state index is 0.142. The van der Waals surface area contributed by atoms with Crippen molar-refractivity contribution >= 4 is 11.9 Å². The minimum Gasteiger partial charge on any atom is -0.497 e. The molecule has 6 nitrogen and oxygen atoms in total. The van der Waals surface area contributed by atoms with Crippen molar-refractivity contribution in [2.75, 3.05) is 25.5 Å². The van der Waals surface area contributed by atoms with Gasteiger partial charge in [-0.2, -0.15) is 0 Å². The second kappa shape index (κ2) is 8.73. The SMILES string of the molecule is CCCNC(=O)c1cnc(NCCc2ccc(OC)cc2)nc1. The molecule has 0 aliphatic rings. The third-order valence-corrected chi connectivity index (χ3v) is 3.31. The largest absolute Gasteiger partial charge is 0.497 e. The smallest absolute Gasteiger partial charge is 0.254 e. The van der Waals surface area contributed by atoms with Crippen LogP contribution in [0, 0.1) is 0 Å². The lowest BCUT2D eigenvalue weighted by Crippen LogP contribution is -2.24. The van der Waals surface area contributed by atoms with Gasteiger partial charge in [-0.15, -0.1) is 0 Å². The summed E-state index contributed by atoms with van der Waals surface area (Å²) in [6.45, 7) is 3.38. The Balaban J connectivity index is 1.80. The van der Waals surface area contributed by atoms with Crippen molar-refractivity contribution in [3.05, 3.63) is 47.8 Å². The number of nitrogens with zero attached hydrogens (tertiary/aromatic N) is 2. The number of hydrogen-bond acceptors (Lipinski definition) is 5. The van der Waals surface area contributed by atoms with E-state index in [1.54, 1.807) is 7.11 Å². The van der Waals surface area contributed by atoms with Crippen LogP contribution in [0.3, 0.4) is 0 Å². The highest BCUT2D eigenvalue weighted by atomic mass is 16.5. The number of anilines is 1. The van der Waals surface area contributed by atoms with Crippen molar-refractivity contribution in [1.29, 1.82) is 0 Å². The van der Waals surface area contributed by atoms with Crippen molar-refractivity contribution in [2.45, 2.75) is 19.8 Å². The average molecular weight is 314 g/mol. The van der Waals surface area contributed by atoms with Crippen LogP contribution in [-0.4, -0.2) is 36.1 Å².